The normalized spacial score (nSPS) is 15.5. The van der Waals surface area contributed by atoms with Gasteiger partial charge in [-0.1, -0.05) is 36.7 Å². The third kappa shape index (κ3) is 4.65. The zero-order valence-corrected chi connectivity index (χ0v) is 10.6. The van der Waals surface area contributed by atoms with Crippen molar-refractivity contribution in [2.75, 3.05) is 5.33 Å². The number of halogens is 1. The molecule has 1 unspecified atom stereocenters. The minimum absolute atomic E-state index is 0.0507. The molecule has 0 radical (unpaired) electrons. The molecule has 0 saturated heterocycles. The minimum atomic E-state index is -0.0507. The van der Waals surface area contributed by atoms with Gasteiger partial charge < -0.3 is 5.32 Å². The lowest BCUT2D eigenvalue weighted by Crippen LogP contribution is -2.47. The van der Waals surface area contributed by atoms with Crippen molar-refractivity contribution in [3.63, 3.8) is 0 Å². The van der Waals surface area contributed by atoms with Gasteiger partial charge in [0.05, 0.1) is 0 Å². The van der Waals surface area contributed by atoms with Gasteiger partial charge in [0, 0.05) is 16.8 Å². The number of hydrogen-bond donors (Lipinski definition) is 1. The fourth-order valence-corrected chi connectivity index (χ4v) is 1.85. The van der Waals surface area contributed by atoms with E-state index in [2.05, 4.69) is 35.1 Å². The molecule has 0 aliphatic heterocycles. The third-order valence-electron chi connectivity index (χ3n) is 2.38. The van der Waals surface area contributed by atoms with E-state index in [1.807, 2.05) is 13.8 Å². The average Bonchev–Trinajstić information content (AvgIpc) is 2.04. The summed E-state index contributed by atoms with van der Waals surface area (Å²) in [7, 11) is 0. The van der Waals surface area contributed by atoms with E-state index >= 15 is 0 Å². The van der Waals surface area contributed by atoms with Crippen LogP contribution in [0.5, 0.6) is 0 Å². The van der Waals surface area contributed by atoms with Crippen LogP contribution in [0.15, 0.2) is 0 Å². The molecule has 1 atom stereocenters. The van der Waals surface area contributed by atoms with Crippen molar-refractivity contribution in [3.05, 3.63) is 0 Å². The molecule has 0 aliphatic carbocycles. The summed E-state index contributed by atoms with van der Waals surface area (Å²) in [6.07, 6.45) is 1.94. The molecule has 0 fully saturated rings. The van der Waals surface area contributed by atoms with Gasteiger partial charge in [-0.05, 0) is 19.8 Å². The maximum absolute atomic E-state index is 11.5. The smallest absolute Gasteiger partial charge is 0.222 e. The highest BCUT2D eigenvalue weighted by atomic mass is 79.9. The molecule has 0 aromatic heterocycles. The first-order chi connectivity index (χ1) is 5.95. The molecule has 0 aromatic rings. The molecule has 0 aromatic carbocycles. The lowest BCUT2D eigenvalue weighted by molar-refractivity contribution is -0.125. The first-order valence-corrected chi connectivity index (χ1v) is 5.95. The second-order valence-corrected chi connectivity index (χ2v) is 4.79. The van der Waals surface area contributed by atoms with Gasteiger partial charge in [-0.3, -0.25) is 4.79 Å². The van der Waals surface area contributed by atoms with Crippen LogP contribution < -0.4 is 5.32 Å². The molecular weight excluding hydrogens is 230 g/mol. The van der Waals surface area contributed by atoms with Gasteiger partial charge in [-0.2, -0.15) is 0 Å². The maximum atomic E-state index is 11.5. The van der Waals surface area contributed by atoms with E-state index in [-0.39, 0.29) is 17.4 Å². The van der Waals surface area contributed by atoms with Crippen LogP contribution in [0.3, 0.4) is 0 Å². The molecule has 1 N–H and O–H groups in total. The average molecular weight is 250 g/mol. The fourth-order valence-electron chi connectivity index (χ4n) is 0.978. The van der Waals surface area contributed by atoms with E-state index in [1.54, 1.807) is 0 Å². The van der Waals surface area contributed by atoms with Crippen LogP contribution in [-0.2, 0) is 4.79 Å². The number of alkyl halides is 1. The van der Waals surface area contributed by atoms with Gasteiger partial charge >= 0.3 is 0 Å². The summed E-state index contributed by atoms with van der Waals surface area (Å²) in [5.41, 5.74) is -0.0507. The SMILES string of the molecule is CCC(C)(CCBr)NC(=O)C(C)C. The molecule has 0 heterocycles. The Labute approximate surface area is 89.6 Å². The molecule has 0 spiro atoms. The summed E-state index contributed by atoms with van der Waals surface area (Å²) in [6, 6.07) is 0. The maximum Gasteiger partial charge on any atom is 0.222 e. The number of carbonyl (C=O) groups excluding carboxylic acids is 1. The number of amides is 1. The van der Waals surface area contributed by atoms with E-state index in [0.717, 1.165) is 18.2 Å². The number of nitrogens with one attached hydrogen (secondary N) is 1. The Morgan fingerprint density at radius 2 is 2.08 bits per heavy atom. The van der Waals surface area contributed by atoms with Crippen LogP contribution in [0.25, 0.3) is 0 Å². The summed E-state index contributed by atoms with van der Waals surface area (Å²) in [6.45, 7) is 8.02. The summed E-state index contributed by atoms with van der Waals surface area (Å²) < 4.78 is 0. The minimum Gasteiger partial charge on any atom is -0.351 e. The Bertz CT molecular complexity index is 170. The topological polar surface area (TPSA) is 29.1 Å². The molecule has 0 saturated carbocycles. The van der Waals surface area contributed by atoms with Crippen LogP contribution in [0.4, 0.5) is 0 Å². The molecule has 0 rings (SSSR count). The van der Waals surface area contributed by atoms with Crippen molar-refractivity contribution >= 4 is 21.8 Å². The van der Waals surface area contributed by atoms with Crippen molar-refractivity contribution in [3.8, 4) is 0 Å². The van der Waals surface area contributed by atoms with E-state index in [9.17, 15) is 4.79 Å². The van der Waals surface area contributed by atoms with Crippen LogP contribution in [0.2, 0.25) is 0 Å². The van der Waals surface area contributed by atoms with E-state index in [0.29, 0.717) is 0 Å². The van der Waals surface area contributed by atoms with Gasteiger partial charge in [0.2, 0.25) is 5.91 Å². The summed E-state index contributed by atoms with van der Waals surface area (Å²) in [4.78, 5) is 11.5. The Morgan fingerprint density at radius 3 is 2.38 bits per heavy atom. The van der Waals surface area contributed by atoms with Crippen LogP contribution in [-0.4, -0.2) is 16.8 Å². The van der Waals surface area contributed by atoms with Crippen LogP contribution in [0, 0.1) is 5.92 Å². The first-order valence-electron chi connectivity index (χ1n) is 4.83. The van der Waals surface area contributed by atoms with Crippen molar-refractivity contribution in [1.82, 2.24) is 5.32 Å². The van der Waals surface area contributed by atoms with Crippen molar-refractivity contribution in [2.24, 2.45) is 5.92 Å². The number of carbonyl (C=O) groups is 1. The Balaban J connectivity index is 4.18. The predicted molar refractivity (Wildman–Crippen MR) is 60.1 cm³/mol. The van der Waals surface area contributed by atoms with Gasteiger partial charge in [-0.15, -0.1) is 0 Å². The summed E-state index contributed by atoms with van der Waals surface area (Å²) >= 11 is 3.40. The highest BCUT2D eigenvalue weighted by Gasteiger charge is 2.24. The summed E-state index contributed by atoms with van der Waals surface area (Å²) in [5.74, 6) is 0.214. The van der Waals surface area contributed by atoms with Crippen molar-refractivity contribution in [1.29, 1.82) is 0 Å². The molecule has 0 bridgehead atoms. The molecule has 1 amide bonds. The van der Waals surface area contributed by atoms with Gasteiger partial charge in [0.15, 0.2) is 0 Å². The van der Waals surface area contributed by atoms with Crippen LogP contribution in [0.1, 0.15) is 40.5 Å². The lowest BCUT2D eigenvalue weighted by atomic mass is 9.94. The van der Waals surface area contributed by atoms with E-state index in [1.165, 1.54) is 0 Å². The van der Waals surface area contributed by atoms with E-state index < -0.39 is 0 Å². The Hall–Kier alpha value is -0.0500. The molecular formula is C10H20BrNO. The van der Waals surface area contributed by atoms with E-state index in [4.69, 9.17) is 0 Å². The second-order valence-electron chi connectivity index (χ2n) is 4.00. The van der Waals surface area contributed by atoms with Crippen LogP contribution >= 0.6 is 15.9 Å². The predicted octanol–water partition coefficient (Wildman–Crippen LogP) is 2.71. The zero-order valence-electron chi connectivity index (χ0n) is 8.98. The lowest BCUT2D eigenvalue weighted by Gasteiger charge is -2.29. The highest BCUT2D eigenvalue weighted by Crippen LogP contribution is 2.16. The number of rotatable bonds is 5. The van der Waals surface area contributed by atoms with Gasteiger partial charge in [-0.25, -0.2) is 0 Å². The molecule has 2 nitrogen and oxygen atoms in total. The largest absolute Gasteiger partial charge is 0.351 e. The van der Waals surface area contributed by atoms with Gasteiger partial charge in [0.25, 0.3) is 0 Å². The quantitative estimate of drug-likeness (QED) is 0.747. The Kier molecular flexibility index (Phi) is 5.61. The van der Waals surface area contributed by atoms with Gasteiger partial charge in [0.1, 0.15) is 0 Å². The molecule has 3 heteroatoms. The zero-order chi connectivity index (χ0) is 10.5. The third-order valence-corrected chi connectivity index (χ3v) is 2.77. The van der Waals surface area contributed by atoms with Crippen molar-refractivity contribution in [2.45, 2.75) is 46.1 Å². The second kappa shape index (κ2) is 5.63. The molecule has 13 heavy (non-hydrogen) atoms. The standard InChI is InChI=1S/C10H20BrNO/c1-5-10(4,6-7-11)12-9(13)8(2)3/h8H,5-7H2,1-4H3,(H,12,13). The monoisotopic (exact) mass is 249 g/mol. The number of hydrogen-bond acceptors (Lipinski definition) is 1. The summed E-state index contributed by atoms with van der Waals surface area (Å²) in [5, 5.41) is 4.00. The molecule has 0 aliphatic rings. The highest BCUT2D eigenvalue weighted by molar-refractivity contribution is 9.09. The molecule has 78 valence electrons. The Morgan fingerprint density at radius 1 is 1.54 bits per heavy atom. The van der Waals surface area contributed by atoms with Crippen molar-refractivity contribution < 1.29 is 4.79 Å². The first kappa shape index (κ1) is 12.9. The fraction of sp³-hybridized carbons (Fsp3) is 0.900.